The first-order valence-electron chi connectivity index (χ1n) is 6.05. The van der Waals surface area contributed by atoms with Crippen molar-refractivity contribution in [3.8, 4) is 0 Å². The molecular formula is C12H21N3O. The van der Waals surface area contributed by atoms with Gasteiger partial charge in [0.15, 0.2) is 0 Å². The second-order valence-electron chi connectivity index (χ2n) is 4.61. The van der Waals surface area contributed by atoms with Gasteiger partial charge < -0.3 is 10.1 Å². The van der Waals surface area contributed by atoms with E-state index in [2.05, 4.69) is 23.5 Å². The molecule has 0 saturated heterocycles. The molecule has 0 radical (unpaired) electrons. The molecular weight excluding hydrogens is 202 g/mol. The molecule has 0 aromatic carbocycles. The molecule has 0 spiro atoms. The van der Waals surface area contributed by atoms with Crippen LogP contribution < -0.4 is 5.32 Å². The van der Waals surface area contributed by atoms with Gasteiger partial charge in [0.1, 0.15) is 0 Å². The maximum absolute atomic E-state index is 5.07. The molecule has 1 N–H and O–H groups in total. The Morgan fingerprint density at radius 2 is 2.44 bits per heavy atom. The summed E-state index contributed by atoms with van der Waals surface area (Å²) < 4.78 is 7.11. The van der Waals surface area contributed by atoms with Gasteiger partial charge in [-0.25, -0.2) is 0 Å². The van der Waals surface area contributed by atoms with Gasteiger partial charge in [-0.15, -0.1) is 0 Å². The second-order valence-corrected chi connectivity index (χ2v) is 4.61. The lowest BCUT2D eigenvalue weighted by atomic mass is 10.2. The molecule has 0 bridgehead atoms. The van der Waals surface area contributed by atoms with Crippen LogP contribution in [0.1, 0.15) is 37.8 Å². The number of aromatic nitrogens is 2. The normalized spacial score (nSPS) is 17.6. The Morgan fingerprint density at radius 3 is 3.12 bits per heavy atom. The van der Waals surface area contributed by atoms with Crippen molar-refractivity contribution < 1.29 is 4.74 Å². The lowest BCUT2D eigenvalue weighted by Gasteiger charge is -2.10. The molecule has 1 unspecified atom stereocenters. The molecule has 4 heteroatoms. The molecule has 1 aromatic rings. The maximum Gasteiger partial charge on any atom is 0.0534 e. The molecule has 2 rings (SSSR count). The molecule has 90 valence electrons. The maximum atomic E-state index is 5.07. The standard InChI is InChI=1S/C12H21N3O/c1-10(5-6-16-2)15-9-11(8-14-15)7-13-12-3-4-12/h8-10,12-13H,3-7H2,1-2H3. The van der Waals surface area contributed by atoms with Gasteiger partial charge in [-0.2, -0.15) is 5.10 Å². The van der Waals surface area contributed by atoms with Crippen LogP contribution in [-0.2, 0) is 11.3 Å². The summed E-state index contributed by atoms with van der Waals surface area (Å²) in [5.74, 6) is 0. The second kappa shape index (κ2) is 5.46. The molecule has 1 aliphatic rings. The van der Waals surface area contributed by atoms with E-state index in [4.69, 9.17) is 4.74 Å². The van der Waals surface area contributed by atoms with Crippen LogP contribution in [0.15, 0.2) is 12.4 Å². The molecule has 1 atom stereocenters. The van der Waals surface area contributed by atoms with Crippen molar-refractivity contribution in [2.45, 2.75) is 44.8 Å². The topological polar surface area (TPSA) is 39.1 Å². The summed E-state index contributed by atoms with van der Waals surface area (Å²) >= 11 is 0. The summed E-state index contributed by atoms with van der Waals surface area (Å²) in [6.45, 7) is 3.91. The molecule has 1 aromatic heterocycles. The van der Waals surface area contributed by atoms with Gasteiger partial charge in [0, 0.05) is 38.1 Å². The Balaban J connectivity index is 1.80. The minimum Gasteiger partial charge on any atom is -0.385 e. The highest BCUT2D eigenvalue weighted by Gasteiger charge is 2.20. The van der Waals surface area contributed by atoms with E-state index in [1.807, 2.05) is 10.9 Å². The first kappa shape index (κ1) is 11.6. The van der Waals surface area contributed by atoms with E-state index in [0.29, 0.717) is 6.04 Å². The van der Waals surface area contributed by atoms with Crippen LogP contribution in [0.5, 0.6) is 0 Å². The van der Waals surface area contributed by atoms with Crippen molar-refractivity contribution in [2.24, 2.45) is 0 Å². The molecule has 1 aliphatic carbocycles. The Bertz CT molecular complexity index is 320. The molecule has 1 heterocycles. The Morgan fingerprint density at radius 1 is 1.62 bits per heavy atom. The van der Waals surface area contributed by atoms with Crippen molar-refractivity contribution in [2.75, 3.05) is 13.7 Å². The highest BCUT2D eigenvalue weighted by atomic mass is 16.5. The van der Waals surface area contributed by atoms with Gasteiger partial charge in [-0.3, -0.25) is 4.68 Å². The minimum absolute atomic E-state index is 0.412. The smallest absolute Gasteiger partial charge is 0.0534 e. The Labute approximate surface area is 97.0 Å². The Kier molecular flexibility index (Phi) is 3.96. The predicted octanol–water partition coefficient (Wildman–Crippen LogP) is 1.73. The zero-order valence-electron chi connectivity index (χ0n) is 10.1. The quantitative estimate of drug-likeness (QED) is 0.765. The molecule has 0 amide bonds. The first-order valence-corrected chi connectivity index (χ1v) is 6.05. The number of methoxy groups -OCH3 is 1. The van der Waals surface area contributed by atoms with Crippen molar-refractivity contribution >= 4 is 0 Å². The monoisotopic (exact) mass is 223 g/mol. The lowest BCUT2D eigenvalue weighted by Crippen LogP contribution is -2.14. The zero-order chi connectivity index (χ0) is 11.4. The fraction of sp³-hybridized carbons (Fsp3) is 0.750. The van der Waals surface area contributed by atoms with Crippen molar-refractivity contribution in [1.82, 2.24) is 15.1 Å². The van der Waals surface area contributed by atoms with Gasteiger partial charge in [0.25, 0.3) is 0 Å². The van der Waals surface area contributed by atoms with E-state index < -0.39 is 0 Å². The summed E-state index contributed by atoms with van der Waals surface area (Å²) in [7, 11) is 1.74. The average molecular weight is 223 g/mol. The predicted molar refractivity (Wildman–Crippen MR) is 63.3 cm³/mol. The number of rotatable bonds is 7. The number of nitrogens with one attached hydrogen (secondary N) is 1. The summed E-state index contributed by atoms with van der Waals surface area (Å²) in [6, 6.07) is 1.17. The van der Waals surface area contributed by atoms with E-state index in [9.17, 15) is 0 Å². The van der Waals surface area contributed by atoms with Crippen molar-refractivity contribution in [3.05, 3.63) is 18.0 Å². The minimum atomic E-state index is 0.412. The van der Waals surface area contributed by atoms with Crippen molar-refractivity contribution in [3.63, 3.8) is 0 Å². The van der Waals surface area contributed by atoms with E-state index in [1.54, 1.807) is 7.11 Å². The number of hydrogen-bond acceptors (Lipinski definition) is 3. The van der Waals surface area contributed by atoms with E-state index in [1.165, 1.54) is 18.4 Å². The van der Waals surface area contributed by atoms with Crippen LogP contribution in [0.25, 0.3) is 0 Å². The highest BCUT2D eigenvalue weighted by Crippen LogP contribution is 2.19. The lowest BCUT2D eigenvalue weighted by molar-refractivity contribution is 0.178. The molecule has 16 heavy (non-hydrogen) atoms. The Hall–Kier alpha value is -0.870. The van der Waals surface area contributed by atoms with E-state index in [-0.39, 0.29) is 0 Å². The zero-order valence-corrected chi connectivity index (χ0v) is 10.1. The fourth-order valence-corrected chi connectivity index (χ4v) is 1.68. The fourth-order valence-electron chi connectivity index (χ4n) is 1.68. The van der Waals surface area contributed by atoms with Crippen LogP contribution in [-0.4, -0.2) is 29.5 Å². The van der Waals surface area contributed by atoms with Gasteiger partial charge >= 0.3 is 0 Å². The number of hydrogen-bond donors (Lipinski definition) is 1. The largest absolute Gasteiger partial charge is 0.385 e. The summed E-state index contributed by atoms with van der Waals surface area (Å²) in [5, 5.41) is 7.88. The molecule has 0 aliphatic heterocycles. The SMILES string of the molecule is COCCC(C)n1cc(CNC2CC2)cn1. The third-order valence-electron chi connectivity index (χ3n) is 3.02. The van der Waals surface area contributed by atoms with Crippen LogP contribution >= 0.6 is 0 Å². The molecule has 1 fully saturated rings. The van der Waals surface area contributed by atoms with Crippen LogP contribution in [0, 0.1) is 0 Å². The summed E-state index contributed by atoms with van der Waals surface area (Å²) in [6.07, 6.45) is 7.76. The number of nitrogens with zero attached hydrogens (tertiary/aromatic N) is 2. The van der Waals surface area contributed by atoms with Crippen molar-refractivity contribution in [1.29, 1.82) is 0 Å². The number of ether oxygens (including phenoxy) is 1. The van der Waals surface area contributed by atoms with Gasteiger partial charge in [-0.05, 0) is 26.2 Å². The van der Waals surface area contributed by atoms with Gasteiger partial charge in [-0.1, -0.05) is 0 Å². The molecule has 1 saturated carbocycles. The summed E-state index contributed by atoms with van der Waals surface area (Å²) in [5.41, 5.74) is 1.27. The van der Waals surface area contributed by atoms with Gasteiger partial charge in [0.2, 0.25) is 0 Å². The third-order valence-corrected chi connectivity index (χ3v) is 3.02. The van der Waals surface area contributed by atoms with E-state index in [0.717, 1.165) is 25.6 Å². The summed E-state index contributed by atoms with van der Waals surface area (Å²) in [4.78, 5) is 0. The first-order chi connectivity index (χ1) is 7.79. The average Bonchev–Trinajstić information content (AvgIpc) is 3.00. The highest BCUT2D eigenvalue weighted by molar-refractivity contribution is 5.04. The van der Waals surface area contributed by atoms with Crippen LogP contribution in [0.2, 0.25) is 0 Å². The van der Waals surface area contributed by atoms with Gasteiger partial charge in [0.05, 0.1) is 12.2 Å². The van der Waals surface area contributed by atoms with Crippen LogP contribution in [0.4, 0.5) is 0 Å². The third kappa shape index (κ3) is 3.32. The van der Waals surface area contributed by atoms with E-state index >= 15 is 0 Å². The molecule has 4 nitrogen and oxygen atoms in total. The van der Waals surface area contributed by atoms with Crippen LogP contribution in [0.3, 0.4) is 0 Å².